The summed E-state index contributed by atoms with van der Waals surface area (Å²) in [5.74, 6) is 0. The molecule has 2 rings (SSSR count). The van der Waals surface area contributed by atoms with Crippen molar-refractivity contribution in [2.24, 2.45) is 11.1 Å². The van der Waals surface area contributed by atoms with E-state index in [4.69, 9.17) is 10.5 Å². The summed E-state index contributed by atoms with van der Waals surface area (Å²) in [6.45, 7) is 8.65. The van der Waals surface area contributed by atoms with Crippen LogP contribution in [0.3, 0.4) is 0 Å². The third kappa shape index (κ3) is 3.57. The van der Waals surface area contributed by atoms with Gasteiger partial charge >= 0.3 is 0 Å². The molecule has 1 fully saturated rings. The summed E-state index contributed by atoms with van der Waals surface area (Å²) in [5, 5.41) is 3.56. The molecule has 0 amide bonds. The minimum Gasteiger partial charge on any atom is -0.380 e. The highest BCUT2D eigenvalue weighted by Crippen LogP contribution is 2.27. The first-order valence-electron chi connectivity index (χ1n) is 6.72. The molecule has 106 valence electrons. The molecule has 0 unspecified atom stereocenters. The summed E-state index contributed by atoms with van der Waals surface area (Å²) in [4.78, 5) is 0. The molecule has 0 atom stereocenters. The zero-order valence-electron chi connectivity index (χ0n) is 11.7. The minimum atomic E-state index is 0.101. The first-order valence-corrected chi connectivity index (χ1v) is 7.51. The van der Waals surface area contributed by atoms with Crippen LogP contribution in [0, 0.1) is 5.41 Å². The van der Waals surface area contributed by atoms with E-state index in [9.17, 15) is 0 Å². The number of nitrogens with two attached hydrogens (primary N) is 1. The van der Waals surface area contributed by atoms with Crippen molar-refractivity contribution in [1.82, 2.24) is 5.32 Å². The van der Waals surface area contributed by atoms with Crippen LogP contribution in [0.1, 0.15) is 19.4 Å². The lowest BCUT2D eigenvalue weighted by Gasteiger charge is -2.41. The molecule has 3 N–H and O–H groups in total. The summed E-state index contributed by atoms with van der Waals surface area (Å²) in [6.07, 6.45) is 0. The number of halogens is 1. The zero-order valence-corrected chi connectivity index (χ0v) is 13.3. The van der Waals surface area contributed by atoms with Crippen molar-refractivity contribution in [3.63, 3.8) is 0 Å². The van der Waals surface area contributed by atoms with E-state index < -0.39 is 0 Å². The molecule has 1 aliphatic rings. The van der Waals surface area contributed by atoms with Crippen molar-refractivity contribution in [3.05, 3.63) is 34.3 Å². The molecule has 0 aliphatic carbocycles. The standard InChI is InChI=1S/C15H23BrN2O/c1-14(2,12-4-3-5-13(16)6-12)8-18-9-15(7-17)10-19-11-15/h3-6,18H,7-11,17H2,1-2H3. The molecule has 0 saturated carbocycles. The van der Waals surface area contributed by atoms with E-state index in [1.54, 1.807) is 0 Å². The van der Waals surface area contributed by atoms with Crippen molar-refractivity contribution in [2.45, 2.75) is 19.3 Å². The third-order valence-corrected chi connectivity index (χ3v) is 4.42. The molecule has 1 aliphatic heterocycles. The highest BCUT2D eigenvalue weighted by molar-refractivity contribution is 9.10. The fraction of sp³-hybridized carbons (Fsp3) is 0.600. The van der Waals surface area contributed by atoms with E-state index in [1.807, 2.05) is 0 Å². The Hall–Kier alpha value is -0.420. The van der Waals surface area contributed by atoms with Gasteiger partial charge in [-0.2, -0.15) is 0 Å². The topological polar surface area (TPSA) is 47.3 Å². The molecule has 0 radical (unpaired) electrons. The number of ether oxygens (including phenoxy) is 1. The highest BCUT2D eigenvalue weighted by atomic mass is 79.9. The molecular weight excluding hydrogens is 304 g/mol. The normalized spacial score (nSPS) is 18.1. The monoisotopic (exact) mass is 326 g/mol. The second kappa shape index (κ2) is 5.92. The molecule has 1 aromatic carbocycles. The Labute approximate surface area is 124 Å². The van der Waals surface area contributed by atoms with Gasteiger partial charge in [-0.05, 0) is 17.7 Å². The van der Waals surface area contributed by atoms with Gasteiger partial charge in [0.25, 0.3) is 0 Å². The molecule has 3 nitrogen and oxygen atoms in total. The van der Waals surface area contributed by atoms with E-state index in [-0.39, 0.29) is 10.8 Å². The first-order chi connectivity index (χ1) is 8.97. The van der Waals surface area contributed by atoms with Crippen molar-refractivity contribution in [3.8, 4) is 0 Å². The second-order valence-corrected chi connectivity index (χ2v) is 7.11. The maximum atomic E-state index is 5.82. The van der Waals surface area contributed by atoms with Crippen LogP contribution in [0.25, 0.3) is 0 Å². The van der Waals surface area contributed by atoms with Gasteiger partial charge < -0.3 is 15.8 Å². The van der Waals surface area contributed by atoms with Gasteiger partial charge in [0.1, 0.15) is 0 Å². The molecule has 1 aromatic rings. The summed E-state index contributed by atoms with van der Waals surface area (Å²) in [6, 6.07) is 8.51. The smallest absolute Gasteiger partial charge is 0.0569 e. The van der Waals surface area contributed by atoms with Crippen LogP contribution in [0.15, 0.2) is 28.7 Å². The van der Waals surface area contributed by atoms with Gasteiger partial charge in [0, 0.05) is 34.9 Å². The van der Waals surface area contributed by atoms with E-state index in [0.29, 0.717) is 6.54 Å². The van der Waals surface area contributed by atoms with E-state index in [2.05, 4.69) is 59.4 Å². The van der Waals surface area contributed by atoms with Crippen molar-refractivity contribution < 1.29 is 4.74 Å². The first kappa shape index (κ1) is 15.0. The van der Waals surface area contributed by atoms with Crippen molar-refractivity contribution in [1.29, 1.82) is 0 Å². The van der Waals surface area contributed by atoms with Gasteiger partial charge in [-0.3, -0.25) is 0 Å². The maximum Gasteiger partial charge on any atom is 0.0569 e. The molecule has 1 saturated heterocycles. The Kier molecular flexibility index (Phi) is 4.66. The molecule has 1 heterocycles. The molecule has 0 aromatic heterocycles. The van der Waals surface area contributed by atoms with E-state index in [1.165, 1.54) is 5.56 Å². The van der Waals surface area contributed by atoms with Gasteiger partial charge in [-0.25, -0.2) is 0 Å². The minimum absolute atomic E-state index is 0.101. The van der Waals surface area contributed by atoms with Crippen LogP contribution in [-0.4, -0.2) is 32.8 Å². The lowest BCUT2D eigenvalue weighted by Crippen LogP contribution is -2.55. The molecule has 4 heteroatoms. The molecular formula is C15H23BrN2O. The number of nitrogens with one attached hydrogen (secondary N) is 1. The quantitative estimate of drug-likeness (QED) is 0.843. The average Bonchev–Trinajstić information content (AvgIpc) is 2.32. The van der Waals surface area contributed by atoms with Gasteiger partial charge in [-0.1, -0.05) is 41.9 Å². The molecule has 0 bridgehead atoms. The van der Waals surface area contributed by atoms with E-state index >= 15 is 0 Å². The van der Waals surface area contributed by atoms with Crippen molar-refractivity contribution in [2.75, 3.05) is 32.8 Å². The number of hydrogen-bond donors (Lipinski definition) is 2. The summed E-state index contributed by atoms with van der Waals surface area (Å²) < 4.78 is 6.41. The van der Waals surface area contributed by atoms with Gasteiger partial charge in [0.2, 0.25) is 0 Å². The molecule has 19 heavy (non-hydrogen) atoms. The summed E-state index contributed by atoms with van der Waals surface area (Å²) in [7, 11) is 0. The Bertz CT molecular complexity index is 424. The Balaban J connectivity index is 1.90. The number of benzene rings is 1. The van der Waals surface area contributed by atoms with Crippen LogP contribution < -0.4 is 11.1 Å². The fourth-order valence-electron chi connectivity index (χ4n) is 2.33. The zero-order chi connectivity index (χ0) is 13.9. The lowest BCUT2D eigenvalue weighted by atomic mass is 9.83. The molecule has 0 spiro atoms. The predicted molar refractivity (Wildman–Crippen MR) is 82.3 cm³/mol. The Morgan fingerprint density at radius 1 is 1.42 bits per heavy atom. The largest absolute Gasteiger partial charge is 0.380 e. The average molecular weight is 327 g/mol. The van der Waals surface area contributed by atoms with Crippen LogP contribution in [-0.2, 0) is 10.2 Å². The predicted octanol–water partition coefficient (Wildman–Crippen LogP) is 2.29. The summed E-state index contributed by atoms with van der Waals surface area (Å²) in [5.41, 5.74) is 7.42. The van der Waals surface area contributed by atoms with Gasteiger partial charge in [0.05, 0.1) is 13.2 Å². The number of hydrogen-bond acceptors (Lipinski definition) is 3. The Morgan fingerprint density at radius 3 is 2.68 bits per heavy atom. The van der Waals surface area contributed by atoms with Crippen LogP contribution in [0.5, 0.6) is 0 Å². The highest BCUT2D eigenvalue weighted by Gasteiger charge is 2.37. The lowest BCUT2D eigenvalue weighted by molar-refractivity contribution is -0.105. The summed E-state index contributed by atoms with van der Waals surface area (Å²) >= 11 is 3.53. The van der Waals surface area contributed by atoms with Crippen LogP contribution >= 0.6 is 15.9 Å². The van der Waals surface area contributed by atoms with Crippen LogP contribution in [0.2, 0.25) is 0 Å². The third-order valence-electron chi connectivity index (χ3n) is 3.92. The maximum absolute atomic E-state index is 5.82. The number of rotatable bonds is 6. The van der Waals surface area contributed by atoms with Crippen molar-refractivity contribution >= 4 is 15.9 Å². The van der Waals surface area contributed by atoms with Crippen LogP contribution in [0.4, 0.5) is 0 Å². The Morgan fingerprint density at radius 2 is 2.16 bits per heavy atom. The fourth-order valence-corrected chi connectivity index (χ4v) is 2.73. The van der Waals surface area contributed by atoms with Gasteiger partial charge in [0.15, 0.2) is 0 Å². The van der Waals surface area contributed by atoms with Gasteiger partial charge in [-0.15, -0.1) is 0 Å². The van der Waals surface area contributed by atoms with E-state index in [0.717, 1.165) is 30.8 Å². The second-order valence-electron chi connectivity index (χ2n) is 6.19. The SMILES string of the molecule is CC(C)(CNCC1(CN)COC1)c1cccc(Br)c1.